The molecule has 0 aliphatic rings. The molecule has 0 aromatic carbocycles. The number of ketones is 1. The summed E-state index contributed by atoms with van der Waals surface area (Å²) in [6.07, 6.45) is 0.817. The van der Waals surface area contributed by atoms with Gasteiger partial charge < -0.3 is 10.6 Å². The highest BCUT2D eigenvalue weighted by Crippen LogP contribution is 2.35. The van der Waals surface area contributed by atoms with Crippen LogP contribution in [0.1, 0.15) is 19.8 Å². The quantitative estimate of drug-likeness (QED) is 0.626. The lowest BCUT2D eigenvalue weighted by Gasteiger charge is -2.10. The van der Waals surface area contributed by atoms with Crippen molar-refractivity contribution in [1.29, 1.82) is 0 Å². The molecule has 0 saturated heterocycles. The Kier molecular flexibility index (Phi) is 4.68. The number of nitrogens with two attached hydrogens (primary N) is 1. The van der Waals surface area contributed by atoms with Gasteiger partial charge >= 0.3 is 0 Å². The molecule has 3 N–H and O–H groups in total. The Bertz CT molecular complexity index is 199. The zero-order chi connectivity index (χ0) is 9.78. The first-order valence-electron chi connectivity index (χ1n) is 3.94. The lowest BCUT2D eigenvalue weighted by molar-refractivity contribution is -0.120. The van der Waals surface area contributed by atoms with Gasteiger partial charge in [0.2, 0.25) is 0 Å². The Balaban J connectivity index is 3.79. The molecule has 0 aliphatic heterocycles. The molecule has 0 aromatic rings. The number of hydrogen-bond acceptors (Lipinski definition) is 3. The van der Waals surface area contributed by atoms with E-state index in [1.54, 1.807) is 6.92 Å². The van der Waals surface area contributed by atoms with Crippen LogP contribution < -0.4 is 5.73 Å². The molecule has 2 atom stereocenters. The van der Waals surface area contributed by atoms with Crippen LogP contribution in [0.5, 0.6) is 0 Å². The molecule has 0 fully saturated rings. The van der Waals surface area contributed by atoms with Crippen molar-refractivity contribution >= 4 is 13.2 Å². The Morgan fingerprint density at radius 3 is 2.50 bits per heavy atom. The summed E-state index contributed by atoms with van der Waals surface area (Å²) < 4.78 is 10.8. The lowest BCUT2D eigenvalue weighted by atomic mass is 10.1. The SMILES string of the molecule is CCC(=O)C(N)CCP(C)(=O)O. The molecule has 0 heterocycles. The minimum absolute atomic E-state index is 0.0524. The van der Waals surface area contributed by atoms with E-state index < -0.39 is 13.4 Å². The van der Waals surface area contributed by atoms with Crippen molar-refractivity contribution in [3.8, 4) is 0 Å². The van der Waals surface area contributed by atoms with Crippen molar-refractivity contribution < 1.29 is 14.3 Å². The van der Waals surface area contributed by atoms with E-state index in [0.717, 1.165) is 0 Å². The van der Waals surface area contributed by atoms with Crippen molar-refractivity contribution in [3.63, 3.8) is 0 Å². The van der Waals surface area contributed by atoms with Crippen LogP contribution in [0.15, 0.2) is 0 Å². The molecule has 0 saturated carbocycles. The van der Waals surface area contributed by atoms with E-state index >= 15 is 0 Å². The molecule has 12 heavy (non-hydrogen) atoms. The van der Waals surface area contributed by atoms with E-state index in [4.69, 9.17) is 10.6 Å². The third-order valence-electron chi connectivity index (χ3n) is 1.62. The van der Waals surface area contributed by atoms with Crippen molar-refractivity contribution in [1.82, 2.24) is 0 Å². The van der Waals surface area contributed by atoms with E-state index in [1.807, 2.05) is 0 Å². The van der Waals surface area contributed by atoms with E-state index in [-0.39, 0.29) is 11.9 Å². The molecule has 72 valence electrons. The van der Waals surface area contributed by atoms with Gasteiger partial charge in [-0.15, -0.1) is 0 Å². The van der Waals surface area contributed by atoms with Crippen LogP contribution in [-0.4, -0.2) is 29.5 Å². The third-order valence-corrected chi connectivity index (χ3v) is 2.71. The van der Waals surface area contributed by atoms with Gasteiger partial charge in [-0.05, 0) is 6.42 Å². The first kappa shape index (κ1) is 11.8. The van der Waals surface area contributed by atoms with Gasteiger partial charge in [-0.1, -0.05) is 6.92 Å². The highest BCUT2D eigenvalue weighted by molar-refractivity contribution is 7.57. The molecule has 0 aliphatic carbocycles. The van der Waals surface area contributed by atoms with E-state index in [1.165, 1.54) is 6.66 Å². The van der Waals surface area contributed by atoms with Gasteiger partial charge in [0.25, 0.3) is 0 Å². The van der Waals surface area contributed by atoms with E-state index in [2.05, 4.69) is 0 Å². The van der Waals surface area contributed by atoms with Gasteiger partial charge in [-0.25, -0.2) is 0 Å². The Morgan fingerprint density at radius 2 is 2.17 bits per heavy atom. The average Bonchev–Trinajstić information content (AvgIpc) is 1.97. The number of carbonyl (C=O) groups excluding carboxylic acids is 1. The van der Waals surface area contributed by atoms with Crippen LogP contribution >= 0.6 is 7.37 Å². The van der Waals surface area contributed by atoms with E-state index in [9.17, 15) is 9.36 Å². The number of hydrogen-bond donors (Lipinski definition) is 2. The molecular formula is C7H16NO3P. The van der Waals surface area contributed by atoms with E-state index in [0.29, 0.717) is 12.8 Å². The highest BCUT2D eigenvalue weighted by atomic mass is 31.2. The molecule has 0 rings (SSSR count). The average molecular weight is 193 g/mol. The third kappa shape index (κ3) is 5.47. The fraction of sp³-hybridized carbons (Fsp3) is 0.857. The second-order valence-corrected chi connectivity index (χ2v) is 5.54. The summed E-state index contributed by atoms with van der Waals surface area (Å²) in [7, 11) is -3.00. The van der Waals surface area contributed by atoms with Crippen LogP contribution in [0.25, 0.3) is 0 Å². The molecule has 0 amide bonds. The molecule has 0 aromatic heterocycles. The first-order valence-corrected chi connectivity index (χ1v) is 6.23. The van der Waals surface area contributed by atoms with Crippen LogP contribution in [0, 0.1) is 0 Å². The summed E-state index contributed by atoms with van der Waals surface area (Å²) in [5.74, 6) is -0.0524. The largest absolute Gasteiger partial charge is 0.344 e. The maximum absolute atomic E-state index is 10.9. The second kappa shape index (κ2) is 4.75. The zero-order valence-electron chi connectivity index (χ0n) is 7.49. The first-order chi connectivity index (χ1) is 5.37. The van der Waals surface area contributed by atoms with Crippen LogP contribution in [0.3, 0.4) is 0 Å². The molecule has 4 nitrogen and oxygen atoms in total. The van der Waals surface area contributed by atoms with Gasteiger partial charge in [0.1, 0.15) is 5.78 Å². The lowest BCUT2D eigenvalue weighted by Crippen LogP contribution is -2.30. The fourth-order valence-electron chi connectivity index (χ4n) is 0.802. The van der Waals surface area contributed by atoms with Gasteiger partial charge in [0.05, 0.1) is 6.04 Å². The number of Topliss-reactive ketones (excluding diaryl/α,β-unsaturated/α-hetero) is 1. The minimum atomic E-state index is -3.00. The van der Waals surface area contributed by atoms with Crippen LogP contribution in [0.2, 0.25) is 0 Å². The zero-order valence-corrected chi connectivity index (χ0v) is 8.38. The van der Waals surface area contributed by atoms with Gasteiger partial charge in [0, 0.05) is 19.2 Å². The van der Waals surface area contributed by atoms with Crippen molar-refractivity contribution in [2.24, 2.45) is 5.73 Å². The summed E-state index contributed by atoms with van der Waals surface area (Å²) in [6, 6.07) is -0.574. The van der Waals surface area contributed by atoms with Crippen LogP contribution in [0.4, 0.5) is 0 Å². The topological polar surface area (TPSA) is 80.4 Å². The summed E-state index contributed by atoms with van der Waals surface area (Å²) in [5, 5.41) is 0. The summed E-state index contributed by atoms with van der Waals surface area (Å²) in [4.78, 5) is 19.8. The van der Waals surface area contributed by atoms with Crippen molar-refractivity contribution in [2.45, 2.75) is 25.8 Å². The van der Waals surface area contributed by atoms with Crippen molar-refractivity contribution in [3.05, 3.63) is 0 Å². The second-order valence-electron chi connectivity index (χ2n) is 2.99. The number of rotatable bonds is 5. The smallest absolute Gasteiger partial charge is 0.197 e. The molecule has 0 radical (unpaired) electrons. The summed E-state index contributed by atoms with van der Waals surface area (Å²) in [5.41, 5.74) is 5.45. The highest BCUT2D eigenvalue weighted by Gasteiger charge is 2.16. The predicted octanol–water partition coefficient (Wildman–Crippen LogP) is 0.583. The van der Waals surface area contributed by atoms with Crippen molar-refractivity contribution in [2.75, 3.05) is 12.8 Å². The molecule has 0 bridgehead atoms. The van der Waals surface area contributed by atoms with Gasteiger partial charge in [-0.2, -0.15) is 0 Å². The predicted molar refractivity (Wildman–Crippen MR) is 48.5 cm³/mol. The summed E-state index contributed by atoms with van der Waals surface area (Å²) in [6.45, 7) is 3.00. The normalized spacial score (nSPS) is 18.3. The number of carbonyl (C=O) groups is 1. The molecule has 0 spiro atoms. The Morgan fingerprint density at radius 1 is 1.67 bits per heavy atom. The Labute approximate surface area is 72.6 Å². The molecule has 2 unspecified atom stereocenters. The van der Waals surface area contributed by atoms with Gasteiger partial charge in [0.15, 0.2) is 7.37 Å². The monoisotopic (exact) mass is 193 g/mol. The maximum Gasteiger partial charge on any atom is 0.197 e. The maximum atomic E-state index is 10.9. The molecular weight excluding hydrogens is 177 g/mol. The minimum Gasteiger partial charge on any atom is -0.344 e. The summed E-state index contributed by atoms with van der Waals surface area (Å²) >= 11 is 0. The Hall–Kier alpha value is -0.180. The standard InChI is InChI=1S/C7H16NO3P/c1-3-7(9)6(8)4-5-12(2,10)11/h6H,3-5,8H2,1-2H3,(H,10,11). The molecule has 5 heteroatoms. The van der Waals surface area contributed by atoms with Gasteiger partial charge in [-0.3, -0.25) is 9.36 Å². The van der Waals surface area contributed by atoms with Crippen LogP contribution in [-0.2, 0) is 9.36 Å². The fourth-order valence-corrected chi connectivity index (χ4v) is 1.56.